The number of hydrogen-bond donors (Lipinski definition) is 2. The summed E-state index contributed by atoms with van der Waals surface area (Å²) in [5.41, 5.74) is 2.12. The van der Waals surface area contributed by atoms with Crippen LogP contribution in [0.25, 0.3) is 0 Å². The molecule has 0 aliphatic rings. The van der Waals surface area contributed by atoms with Crippen LogP contribution in [0.1, 0.15) is 18.2 Å². The Kier molecular flexibility index (Phi) is 8.42. The van der Waals surface area contributed by atoms with Crippen LogP contribution in [-0.4, -0.2) is 44.7 Å². The molecule has 26 heavy (non-hydrogen) atoms. The first-order valence-corrected chi connectivity index (χ1v) is 8.96. The molecule has 140 valence electrons. The van der Waals surface area contributed by atoms with Gasteiger partial charge in [0.2, 0.25) is 0 Å². The first kappa shape index (κ1) is 19.7. The maximum Gasteiger partial charge on any atom is 0.191 e. The topological polar surface area (TPSA) is 61.8 Å². The average molecular weight is 355 g/mol. The minimum Gasteiger partial charge on any atom is -0.375 e. The molecule has 2 aromatic rings. The number of ether oxygens (including phenoxy) is 1. The Morgan fingerprint density at radius 2 is 1.88 bits per heavy atom. The molecular formula is C20H29N5O. The van der Waals surface area contributed by atoms with Gasteiger partial charge in [0.15, 0.2) is 5.96 Å². The lowest BCUT2D eigenvalue weighted by atomic mass is 10.2. The summed E-state index contributed by atoms with van der Waals surface area (Å²) in [7, 11) is 3.97. The Morgan fingerprint density at radius 1 is 1.08 bits per heavy atom. The standard InChI is InChI=1S/C20H29N5O/c1-4-21-20(22-13-14-26-16-17-9-6-5-7-10-17)23-15-18-11-8-12-19(24-18)25(2)3/h5-12H,4,13-16H2,1-3H3,(H2,21,22,23). The van der Waals surface area contributed by atoms with Crippen LogP contribution in [-0.2, 0) is 17.9 Å². The second-order valence-corrected chi connectivity index (χ2v) is 6.04. The Hall–Kier alpha value is -2.60. The van der Waals surface area contributed by atoms with E-state index in [4.69, 9.17) is 4.74 Å². The van der Waals surface area contributed by atoms with Crippen LogP contribution in [0.5, 0.6) is 0 Å². The number of benzene rings is 1. The van der Waals surface area contributed by atoms with Gasteiger partial charge in [-0.3, -0.25) is 0 Å². The van der Waals surface area contributed by atoms with Crippen LogP contribution in [0.15, 0.2) is 53.5 Å². The molecule has 0 saturated heterocycles. The number of rotatable bonds is 9. The summed E-state index contributed by atoms with van der Waals surface area (Å²) in [6.07, 6.45) is 0. The van der Waals surface area contributed by atoms with E-state index in [0.717, 1.165) is 24.0 Å². The first-order valence-electron chi connectivity index (χ1n) is 8.96. The van der Waals surface area contributed by atoms with Gasteiger partial charge in [0, 0.05) is 27.2 Å². The average Bonchev–Trinajstić information content (AvgIpc) is 2.66. The molecule has 6 heteroatoms. The van der Waals surface area contributed by atoms with Gasteiger partial charge in [-0.15, -0.1) is 0 Å². The normalized spacial score (nSPS) is 11.3. The molecule has 0 aliphatic carbocycles. The smallest absolute Gasteiger partial charge is 0.191 e. The molecule has 1 heterocycles. The van der Waals surface area contributed by atoms with Crippen LogP contribution in [0.2, 0.25) is 0 Å². The number of guanidine groups is 1. The van der Waals surface area contributed by atoms with Crippen molar-refractivity contribution in [1.82, 2.24) is 15.6 Å². The summed E-state index contributed by atoms with van der Waals surface area (Å²) in [5, 5.41) is 6.53. The number of pyridine rings is 1. The quantitative estimate of drug-likeness (QED) is 0.411. The SMILES string of the molecule is CCNC(=NCc1cccc(N(C)C)n1)NCCOCc1ccccc1. The van der Waals surface area contributed by atoms with Crippen molar-refractivity contribution in [2.24, 2.45) is 4.99 Å². The minimum atomic E-state index is 0.530. The summed E-state index contributed by atoms with van der Waals surface area (Å²) in [4.78, 5) is 11.2. The minimum absolute atomic E-state index is 0.530. The van der Waals surface area contributed by atoms with Gasteiger partial charge in [-0.1, -0.05) is 36.4 Å². The predicted molar refractivity (Wildman–Crippen MR) is 107 cm³/mol. The monoisotopic (exact) mass is 355 g/mol. The molecule has 0 aliphatic heterocycles. The van der Waals surface area contributed by atoms with Crippen LogP contribution >= 0.6 is 0 Å². The van der Waals surface area contributed by atoms with E-state index in [9.17, 15) is 0 Å². The summed E-state index contributed by atoms with van der Waals surface area (Å²) >= 11 is 0. The van der Waals surface area contributed by atoms with Gasteiger partial charge in [0.25, 0.3) is 0 Å². The molecule has 0 fully saturated rings. The van der Waals surface area contributed by atoms with Crippen molar-refractivity contribution in [2.75, 3.05) is 38.7 Å². The zero-order valence-corrected chi connectivity index (χ0v) is 15.9. The highest BCUT2D eigenvalue weighted by Gasteiger charge is 2.01. The van der Waals surface area contributed by atoms with Gasteiger partial charge in [0.05, 0.1) is 25.5 Å². The van der Waals surface area contributed by atoms with Gasteiger partial charge in [-0.05, 0) is 24.6 Å². The number of aromatic nitrogens is 1. The molecule has 1 aromatic carbocycles. The third-order valence-corrected chi connectivity index (χ3v) is 3.64. The molecule has 0 unspecified atom stereocenters. The highest BCUT2D eigenvalue weighted by Crippen LogP contribution is 2.08. The molecule has 1 aromatic heterocycles. The van der Waals surface area contributed by atoms with E-state index < -0.39 is 0 Å². The fraction of sp³-hybridized carbons (Fsp3) is 0.400. The predicted octanol–water partition coefficient (Wildman–Crippen LogP) is 2.42. The van der Waals surface area contributed by atoms with Crippen LogP contribution in [0.4, 0.5) is 5.82 Å². The van der Waals surface area contributed by atoms with Crippen molar-refractivity contribution in [2.45, 2.75) is 20.1 Å². The van der Waals surface area contributed by atoms with E-state index in [2.05, 4.69) is 32.7 Å². The van der Waals surface area contributed by atoms with Gasteiger partial charge in [0.1, 0.15) is 5.82 Å². The Labute approximate surface area is 156 Å². The van der Waals surface area contributed by atoms with Crippen LogP contribution in [0.3, 0.4) is 0 Å². The molecule has 0 bridgehead atoms. The summed E-state index contributed by atoms with van der Waals surface area (Å²) in [6.45, 7) is 5.33. The summed E-state index contributed by atoms with van der Waals surface area (Å²) in [6, 6.07) is 16.2. The van der Waals surface area contributed by atoms with Crippen LogP contribution in [0, 0.1) is 0 Å². The highest BCUT2D eigenvalue weighted by molar-refractivity contribution is 5.79. The van der Waals surface area contributed by atoms with Crippen molar-refractivity contribution in [1.29, 1.82) is 0 Å². The zero-order chi connectivity index (χ0) is 18.6. The van der Waals surface area contributed by atoms with Crippen molar-refractivity contribution < 1.29 is 4.74 Å². The van der Waals surface area contributed by atoms with Gasteiger partial charge in [-0.2, -0.15) is 0 Å². The van der Waals surface area contributed by atoms with E-state index in [0.29, 0.717) is 26.3 Å². The van der Waals surface area contributed by atoms with E-state index >= 15 is 0 Å². The summed E-state index contributed by atoms with van der Waals surface area (Å²) < 4.78 is 5.69. The van der Waals surface area contributed by atoms with Crippen molar-refractivity contribution in [3.63, 3.8) is 0 Å². The number of anilines is 1. The van der Waals surface area contributed by atoms with Gasteiger partial charge < -0.3 is 20.3 Å². The fourth-order valence-electron chi connectivity index (χ4n) is 2.31. The van der Waals surface area contributed by atoms with E-state index in [1.165, 1.54) is 5.56 Å². The molecule has 2 rings (SSSR count). The molecule has 6 nitrogen and oxygen atoms in total. The number of nitrogens with zero attached hydrogens (tertiary/aromatic N) is 3. The lowest BCUT2D eigenvalue weighted by molar-refractivity contribution is 0.125. The lowest BCUT2D eigenvalue weighted by Gasteiger charge is -2.13. The summed E-state index contributed by atoms with van der Waals surface area (Å²) in [5.74, 6) is 1.71. The first-order chi connectivity index (χ1) is 12.7. The van der Waals surface area contributed by atoms with Gasteiger partial charge >= 0.3 is 0 Å². The van der Waals surface area contributed by atoms with E-state index in [1.54, 1.807) is 0 Å². The molecule has 0 atom stereocenters. The molecule has 0 amide bonds. The second kappa shape index (κ2) is 11.1. The molecular weight excluding hydrogens is 326 g/mol. The van der Waals surface area contributed by atoms with Crippen LogP contribution < -0.4 is 15.5 Å². The number of aliphatic imine (C=N–C) groups is 1. The maximum absolute atomic E-state index is 5.69. The zero-order valence-electron chi connectivity index (χ0n) is 15.9. The molecule has 0 radical (unpaired) electrons. The number of hydrogen-bond acceptors (Lipinski definition) is 4. The van der Waals surface area contributed by atoms with E-state index in [-0.39, 0.29) is 0 Å². The third-order valence-electron chi connectivity index (χ3n) is 3.64. The van der Waals surface area contributed by atoms with Gasteiger partial charge in [-0.25, -0.2) is 9.98 Å². The largest absolute Gasteiger partial charge is 0.375 e. The Bertz CT molecular complexity index is 673. The molecule has 0 spiro atoms. The molecule has 0 saturated carbocycles. The lowest BCUT2D eigenvalue weighted by Crippen LogP contribution is -2.39. The Balaban J connectivity index is 1.78. The van der Waals surface area contributed by atoms with Crippen molar-refractivity contribution >= 4 is 11.8 Å². The second-order valence-electron chi connectivity index (χ2n) is 6.04. The molecule has 2 N–H and O–H groups in total. The fourth-order valence-corrected chi connectivity index (χ4v) is 2.31. The highest BCUT2D eigenvalue weighted by atomic mass is 16.5. The maximum atomic E-state index is 5.69. The van der Waals surface area contributed by atoms with Crippen molar-refractivity contribution in [3.8, 4) is 0 Å². The number of nitrogens with one attached hydrogen (secondary N) is 2. The Morgan fingerprint density at radius 3 is 2.62 bits per heavy atom. The van der Waals surface area contributed by atoms with Crippen molar-refractivity contribution in [3.05, 3.63) is 59.8 Å². The third kappa shape index (κ3) is 7.11. The van der Waals surface area contributed by atoms with E-state index in [1.807, 2.05) is 62.3 Å².